The monoisotopic (exact) mass is 466 g/mol. The summed E-state index contributed by atoms with van der Waals surface area (Å²) in [7, 11) is -3.96. The minimum absolute atomic E-state index is 0.0494. The maximum Gasteiger partial charge on any atom is 0.269 e. The molecule has 1 amide bonds. The Labute approximate surface area is 191 Å². The van der Waals surface area contributed by atoms with Gasteiger partial charge in [-0.2, -0.15) is 9.82 Å². The van der Waals surface area contributed by atoms with Crippen LogP contribution in [-0.4, -0.2) is 31.5 Å². The summed E-state index contributed by atoms with van der Waals surface area (Å²) >= 11 is 0. The molecule has 0 aliphatic rings. The Bertz CT molecular complexity index is 1240. The van der Waals surface area contributed by atoms with E-state index in [1.165, 1.54) is 42.6 Å². The van der Waals surface area contributed by atoms with Crippen molar-refractivity contribution in [3.05, 3.63) is 106 Å². The van der Waals surface area contributed by atoms with Gasteiger partial charge in [0, 0.05) is 12.1 Å². The SMILES string of the molecule is Cc1ccc(S(=O)(=O)N[C@@H](Cc2ccccc2)C(=O)N/N=C\c2ccc([N+](=O)[O-])cc2)cc1. The van der Waals surface area contributed by atoms with E-state index in [0.717, 1.165) is 11.1 Å². The van der Waals surface area contributed by atoms with E-state index < -0.39 is 26.9 Å². The fraction of sp³-hybridized carbons (Fsp3) is 0.130. The molecular weight excluding hydrogens is 444 g/mol. The third-order valence-electron chi connectivity index (χ3n) is 4.72. The molecule has 0 saturated heterocycles. The standard InChI is InChI=1S/C23H22N4O5S/c1-17-7-13-21(14-8-17)33(31,32)26-22(15-18-5-3-2-4-6-18)23(28)25-24-16-19-9-11-20(12-10-19)27(29)30/h2-14,16,22,26H,15H2,1H3,(H,25,28)/b24-16-/t22-/m0/s1. The summed E-state index contributed by atoms with van der Waals surface area (Å²) in [6.45, 7) is 1.85. The van der Waals surface area contributed by atoms with Crippen molar-refractivity contribution in [2.75, 3.05) is 0 Å². The van der Waals surface area contributed by atoms with Gasteiger partial charge in [-0.1, -0.05) is 48.0 Å². The van der Waals surface area contributed by atoms with Crippen LogP contribution in [0.2, 0.25) is 0 Å². The Morgan fingerprint density at radius 3 is 2.27 bits per heavy atom. The summed E-state index contributed by atoms with van der Waals surface area (Å²) in [4.78, 5) is 23.1. The van der Waals surface area contributed by atoms with Crippen molar-refractivity contribution >= 4 is 27.8 Å². The van der Waals surface area contributed by atoms with Gasteiger partial charge in [-0.15, -0.1) is 0 Å². The van der Waals surface area contributed by atoms with Crippen molar-refractivity contribution in [3.63, 3.8) is 0 Å². The third kappa shape index (κ3) is 6.79. The van der Waals surface area contributed by atoms with Crippen LogP contribution >= 0.6 is 0 Å². The Morgan fingerprint density at radius 1 is 1.03 bits per heavy atom. The molecular formula is C23H22N4O5S. The van der Waals surface area contributed by atoms with Crippen molar-refractivity contribution in [1.29, 1.82) is 0 Å². The number of hydrazone groups is 1. The molecule has 0 heterocycles. The minimum Gasteiger partial charge on any atom is -0.271 e. The Hall–Kier alpha value is -3.89. The molecule has 0 aliphatic heterocycles. The quantitative estimate of drug-likeness (QED) is 0.284. The van der Waals surface area contributed by atoms with Gasteiger partial charge in [-0.05, 0) is 48.7 Å². The summed E-state index contributed by atoms with van der Waals surface area (Å²) in [6.07, 6.45) is 1.43. The van der Waals surface area contributed by atoms with Gasteiger partial charge in [0.25, 0.3) is 11.6 Å². The summed E-state index contributed by atoms with van der Waals surface area (Å²) < 4.78 is 28.1. The zero-order valence-electron chi connectivity index (χ0n) is 17.7. The number of nitrogens with one attached hydrogen (secondary N) is 2. The average molecular weight is 467 g/mol. The zero-order chi connectivity index (χ0) is 23.8. The molecule has 33 heavy (non-hydrogen) atoms. The zero-order valence-corrected chi connectivity index (χ0v) is 18.5. The highest BCUT2D eigenvalue weighted by atomic mass is 32.2. The highest BCUT2D eigenvalue weighted by molar-refractivity contribution is 7.89. The summed E-state index contributed by atoms with van der Waals surface area (Å²) in [5.41, 5.74) is 4.48. The smallest absolute Gasteiger partial charge is 0.269 e. The van der Waals surface area contributed by atoms with Crippen LogP contribution in [0.1, 0.15) is 16.7 Å². The van der Waals surface area contributed by atoms with E-state index in [4.69, 9.17) is 0 Å². The van der Waals surface area contributed by atoms with Gasteiger partial charge < -0.3 is 0 Å². The summed E-state index contributed by atoms with van der Waals surface area (Å²) in [5.74, 6) is -0.646. The lowest BCUT2D eigenvalue weighted by molar-refractivity contribution is -0.384. The van der Waals surface area contributed by atoms with E-state index in [1.807, 2.05) is 13.0 Å². The number of benzene rings is 3. The van der Waals surface area contributed by atoms with E-state index in [-0.39, 0.29) is 17.0 Å². The van der Waals surface area contributed by atoms with Gasteiger partial charge in [-0.3, -0.25) is 14.9 Å². The van der Waals surface area contributed by atoms with Crippen LogP contribution in [0, 0.1) is 17.0 Å². The number of aryl methyl sites for hydroxylation is 1. The van der Waals surface area contributed by atoms with Gasteiger partial charge in [0.05, 0.1) is 16.0 Å². The number of carbonyl (C=O) groups is 1. The van der Waals surface area contributed by atoms with Crippen LogP contribution in [0.3, 0.4) is 0 Å². The Morgan fingerprint density at radius 2 is 1.67 bits per heavy atom. The van der Waals surface area contributed by atoms with E-state index >= 15 is 0 Å². The summed E-state index contributed by atoms with van der Waals surface area (Å²) in [6, 6.07) is 19.8. The lowest BCUT2D eigenvalue weighted by Gasteiger charge is -2.17. The first kappa shape index (κ1) is 23.8. The fourth-order valence-corrected chi connectivity index (χ4v) is 4.14. The maximum absolute atomic E-state index is 12.8. The van der Waals surface area contributed by atoms with Gasteiger partial charge in [0.15, 0.2) is 0 Å². The van der Waals surface area contributed by atoms with Crippen LogP contribution in [0.25, 0.3) is 0 Å². The highest BCUT2D eigenvalue weighted by Crippen LogP contribution is 2.13. The van der Waals surface area contributed by atoms with Crippen molar-refractivity contribution in [1.82, 2.24) is 10.1 Å². The van der Waals surface area contributed by atoms with Crippen LogP contribution in [-0.2, 0) is 21.2 Å². The number of non-ortho nitro benzene ring substituents is 1. The number of hydrogen-bond donors (Lipinski definition) is 2. The molecule has 0 radical (unpaired) electrons. The molecule has 2 N–H and O–H groups in total. The molecule has 0 aromatic heterocycles. The van der Waals surface area contributed by atoms with Crippen molar-refractivity contribution < 1.29 is 18.1 Å². The van der Waals surface area contributed by atoms with Crippen molar-refractivity contribution in [2.24, 2.45) is 5.10 Å². The van der Waals surface area contributed by atoms with Crippen molar-refractivity contribution in [3.8, 4) is 0 Å². The molecule has 0 fully saturated rings. The predicted molar refractivity (Wildman–Crippen MR) is 124 cm³/mol. The van der Waals surface area contributed by atoms with Crippen LogP contribution in [0.15, 0.2) is 88.9 Å². The molecule has 1 atom stereocenters. The second-order valence-electron chi connectivity index (χ2n) is 7.26. The number of carbonyl (C=O) groups excluding carboxylic acids is 1. The van der Waals surface area contributed by atoms with Gasteiger partial charge in [0.2, 0.25) is 10.0 Å². The summed E-state index contributed by atoms with van der Waals surface area (Å²) in [5, 5.41) is 14.6. The molecule has 0 saturated carbocycles. The van der Waals surface area contributed by atoms with Crippen molar-refractivity contribution in [2.45, 2.75) is 24.3 Å². The van der Waals surface area contributed by atoms with E-state index in [1.54, 1.807) is 36.4 Å². The molecule has 170 valence electrons. The number of nitrogens with zero attached hydrogens (tertiary/aromatic N) is 2. The highest BCUT2D eigenvalue weighted by Gasteiger charge is 2.26. The first-order valence-electron chi connectivity index (χ1n) is 9.95. The molecule has 0 unspecified atom stereocenters. The molecule has 10 heteroatoms. The second kappa shape index (κ2) is 10.6. The number of hydrogen-bond acceptors (Lipinski definition) is 6. The molecule has 0 bridgehead atoms. The van der Waals surface area contributed by atoms with Crippen LogP contribution in [0.5, 0.6) is 0 Å². The fourth-order valence-electron chi connectivity index (χ4n) is 2.94. The normalized spacial score (nSPS) is 12.4. The van der Waals surface area contributed by atoms with Crippen LogP contribution in [0.4, 0.5) is 5.69 Å². The van der Waals surface area contributed by atoms with E-state index in [9.17, 15) is 23.3 Å². The second-order valence-corrected chi connectivity index (χ2v) is 8.97. The minimum atomic E-state index is -3.96. The topological polar surface area (TPSA) is 131 Å². The predicted octanol–water partition coefficient (Wildman–Crippen LogP) is 2.94. The lowest BCUT2D eigenvalue weighted by Crippen LogP contribution is -2.46. The van der Waals surface area contributed by atoms with Gasteiger partial charge in [-0.25, -0.2) is 13.8 Å². The molecule has 3 aromatic rings. The third-order valence-corrected chi connectivity index (χ3v) is 6.21. The molecule has 3 aromatic carbocycles. The molecule has 9 nitrogen and oxygen atoms in total. The number of nitro groups is 1. The molecule has 0 spiro atoms. The Kier molecular flexibility index (Phi) is 7.65. The number of sulfonamides is 1. The van der Waals surface area contributed by atoms with Crippen LogP contribution < -0.4 is 10.1 Å². The molecule has 3 rings (SSSR count). The largest absolute Gasteiger partial charge is 0.271 e. The maximum atomic E-state index is 12.8. The Balaban J connectivity index is 1.75. The first-order valence-corrected chi connectivity index (χ1v) is 11.4. The van der Waals surface area contributed by atoms with Gasteiger partial charge in [0.1, 0.15) is 6.04 Å². The van der Waals surface area contributed by atoms with E-state index in [2.05, 4.69) is 15.2 Å². The van der Waals surface area contributed by atoms with Gasteiger partial charge >= 0.3 is 0 Å². The lowest BCUT2D eigenvalue weighted by atomic mass is 10.1. The molecule has 0 aliphatic carbocycles. The number of rotatable bonds is 9. The number of amides is 1. The first-order chi connectivity index (χ1) is 15.7. The van der Waals surface area contributed by atoms with E-state index in [0.29, 0.717) is 5.56 Å². The number of nitro benzene ring substituents is 1. The average Bonchev–Trinajstić information content (AvgIpc) is 2.80.